The number of aliphatic carboxylic acids is 2. The van der Waals surface area contributed by atoms with Gasteiger partial charge in [-0.05, 0) is 25.7 Å². The molecule has 0 spiro atoms. The Labute approximate surface area is 240 Å². The fourth-order valence-electron chi connectivity index (χ4n) is 3.08. The second-order valence-electron chi connectivity index (χ2n) is 8.76. The number of rotatable bonds is 21. The Morgan fingerprint density at radius 2 is 0.976 bits per heavy atom. The van der Waals surface area contributed by atoms with Crippen molar-refractivity contribution in [3.05, 3.63) is 0 Å². The van der Waals surface area contributed by atoms with Crippen LogP contribution in [0, 0.1) is 0 Å². The van der Waals surface area contributed by atoms with Gasteiger partial charge in [0, 0.05) is 13.1 Å². The summed E-state index contributed by atoms with van der Waals surface area (Å²) in [6.45, 7) is -0.765. The van der Waals surface area contributed by atoms with Gasteiger partial charge < -0.3 is 64.7 Å². The predicted molar refractivity (Wildman–Crippen MR) is 146 cm³/mol. The molecule has 42 heavy (non-hydrogen) atoms. The van der Waals surface area contributed by atoms with E-state index in [1.165, 1.54) is 0 Å². The number of nitrogens with two attached hydrogens (primary N) is 6. The SMILES string of the molecule is NC(N)=NCCC[C@H](N)C(=O)N[C@@H](CC(=O)O)C(=O)OCCOC(=O)[C@H](CC(=O)O)NC(=O)[C@@H](N)CCCN=C(N)N. The number of carboxylic acid groups (broad SMARTS) is 2. The molecular weight excluding hydrogens is 564 g/mol. The van der Waals surface area contributed by atoms with Gasteiger partial charge in [-0.25, -0.2) is 9.59 Å². The molecule has 0 aliphatic heterocycles. The summed E-state index contributed by atoms with van der Waals surface area (Å²) in [5, 5.41) is 22.5. The lowest BCUT2D eigenvalue weighted by atomic mass is 10.1. The number of aliphatic imine (C=N–C) groups is 2. The number of carboxylic acids is 2. The van der Waals surface area contributed by atoms with E-state index in [1.807, 2.05) is 0 Å². The number of hydrogen-bond acceptors (Lipinski definition) is 12. The molecule has 0 rings (SSSR count). The number of carbonyl (C=O) groups excluding carboxylic acids is 4. The van der Waals surface area contributed by atoms with E-state index >= 15 is 0 Å². The summed E-state index contributed by atoms with van der Waals surface area (Å²) < 4.78 is 9.76. The first-order chi connectivity index (χ1) is 19.6. The molecule has 20 nitrogen and oxygen atoms in total. The highest BCUT2D eigenvalue weighted by molar-refractivity contribution is 5.90. The van der Waals surface area contributed by atoms with Crippen molar-refractivity contribution >= 4 is 47.6 Å². The van der Waals surface area contributed by atoms with Crippen LogP contribution in [0.1, 0.15) is 38.5 Å². The van der Waals surface area contributed by atoms with E-state index in [1.54, 1.807) is 0 Å². The smallest absolute Gasteiger partial charge is 0.329 e. The molecule has 0 aromatic heterocycles. The Morgan fingerprint density at radius 3 is 1.26 bits per heavy atom. The maximum Gasteiger partial charge on any atom is 0.329 e. The van der Waals surface area contributed by atoms with Gasteiger partial charge in [0.25, 0.3) is 0 Å². The summed E-state index contributed by atoms with van der Waals surface area (Å²) in [4.78, 5) is 79.1. The summed E-state index contributed by atoms with van der Waals surface area (Å²) in [6, 6.07) is -5.42. The van der Waals surface area contributed by atoms with E-state index < -0.39 is 85.9 Å². The molecule has 0 aliphatic carbocycles. The van der Waals surface area contributed by atoms with Gasteiger partial charge in [0.05, 0.1) is 24.9 Å². The maximum atomic E-state index is 12.4. The molecule has 0 aromatic carbocycles. The van der Waals surface area contributed by atoms with Crippen LogP contribution in [0.2, 0.25) is 0 Å². The number of nitrogens with one attached hydrogen (secondary N) is 2. The van der Waals surface area contributed by atoms with Gasteiger partial charge in [-0.2, -0.15) is 0 Å². The molecule has 2 amide bonds. The number of guanidine groups is 2. The first kappa shape index (κ1) is 37.3. The minimum Gasteiger partial charge on any atom is -0.481 e. The third-order valence-electron chi connectivity index (χ3n) is 5.14. The highest BCUT2D eigenvalue weighted by Crippen LogP contribution is 2.03. The molecule has 0 unspecified atom stereocenters. The number of carbonyl (C=O) groups is 6. The Kier molecular flexibility index (Phi) is 17.9. The van der Waals surface area contributed by atoms with Crippen molar-refractivity contribution in [2.75, 3.05) is 26.3 Å². The van der Waals surface area contributed by atoms with Crippen LogP contribution in [0.4, 0.5) is 0 Å². The third-order valence-corrected chi connectivity index (χ3v) is 5.14. The van der Waals surface area contributed by atoms with Crippen molar-refractivity contribution in [2.24, 2.45) is 44.4 Å². The average molecular weight is 605 g/mol. The van der Waals surface area contributed by atoms with Gasteiger partial charge >= 0.3 is 23.9 Å². The lowest BCUT2D eigenvalue weighted by Gasteiger charge is -2.20. The molecule has 0 radical (unpaired) electrons. The van der Waals surface area contributed by atoms with E-state index in [-0.39, 0.29) is 37.9 Å². The van der Waals surface area contributed by atoms with Crippen molar-refractivity contribution in [1.29, 1.82) is 0 Å². The van der Waals surface area contributed by atoms with Gasteiger partial charge in [0.2, 0.25) is 11.8 Å². The molecule has 4 atom stereocenters. The van der Waals surface area contributed by atoms with Gasteiger partial charge in [-0.1, -0.05) is 0 Å². The molecule has 0 aromatic rings. The Bertz CT molecular complexity index is 920. The normalized spacial score (nSPS) is 13.3. The van der Waals surface area contributed by atoms with Gasteiger partial charge in [0.1, 0.15) is 25.3 Å². The number of ether oxygens (including phenoxy) is 2. The quantitative estimate of drug-likeness (QED) is 0.0253. The summed E-state index contributed by atoms with van der Waals surface area (Å²) in [5.41, 5.74) is 32.3. The van der Waals surface area contributed by atoms with Crippen molar-refractivity contribution in [1.82, 2.24) is 10.6 Å². The second-order valence-corrected chi connectivity index (χ2v) is 8.76. The Balaban J connectivity index is 4.88. The summed E-state index contributed by atoms with van der Waals surface area (Å²) in [6.07, 6.45) is -0.732. The second kappa shape index (κ2) is 20.2. The highest BCUT2D eigenvalue weighted by Gasteiger charge is 2.29. The molecule has 16 N–H and O–H groups in total. The molecule has 0 fully saturated rings. The van der Waals surface area contributed by atoms with Crippen LogP contribution in [0.3, 0.4) is 0 Å². The van der Waals surface area contributed by atoms with Crippen LogP contribution in [0.5, 0.6) is 0 Å². The number of esters is 2. The predicted octanol–water partition coefficient (Wildman–Crippen LogP) is -5.25. The zero-order valence-electron chi connectivity index (χ0n) is 22.9. The monoisotopic (exact) mass is 604 g/mol. The fraction of sp³-hybridized carbons (Fsp3) is 0.636. The topological polar surface area (TPSA) is 366 Å². The highest BCUT2D eigenvalue weighted by atomic mass is 16.6. The molecular formula is C22H40N10O10. The first-order valence-corrected chi connectivity index (χ1v) is 12.6. The average Bonchev–Trinajstić information content (AvgIpc) is 2.89. The van der Waals surface area contributed by atoms with Gasteiger partial charge in [-0.3, -0.25) is 29.2 Å². The van der Waals surface area contributed by atoms with Crippen LogP contribution in [0.25, 0.3) is 0 Å². The van der Waals surface area contributed by atoms with Gasteiger partial charge in [-0.15, -0.1) is 0 Å². The van der Waals surface area contributed by atoms with Crippen LogP contribution >= 0.6 is 0 Å². The molecule has 0 bridgehead atoms. The van der Waals surface area contributed by atoms with Crippen molar-refractivity contribution in [2.45, 2.75) is 62.7 Å². The number of hydrogen-bond donors (Lipinski definition) is 10. The van der Waals surface area contributed by atoms with Crippen molar-refractivity contribution < 1.29 is 48.5 Å². The minimum absolute atomic E-state index is 0.129. The Hall–Kier alpha value is -4.72. The molecule has 0 aliphatic rings. The Morgan fingerprint density at radius 1 is 0.643 bits per heavy atom. The first-order valence-electron chi connectivity index (χ1n) is 12.6. The lowest BCUT2D eigenvalue weighted by Crippen LogP contribution is -2.50. The van der Waals surface area contributed by atoms with Gasteiger partial charge in [0.15, 0.2) is 11.9 Å². The summed E-state index contributed by atoms with van der Waals surface area (Å²) in [5.74, 6) is -7.08. The number of nitrogens with zero attached hydrogens (tertiary/aromatic N) is 2. The van der Waals surface area contributed by atoms with E-state index in [4.69, 9.17) is 54.1 Å². The van der Waals surface area contributed by atoms with Crippen LogP contribution in [-0.2, 0) is 38.2 Å². The standard InChI is InChI=1S/C22H40N10O10/c23-11(3-1-5-29-21(25)26)17(37)31-13(9-15(33)34)19(39)41-7-8-42-20(40)14(10-16(35)36)32-18(38)12(24)4-2-6-30-22(27)28/h11-14H,1-10,23-24H2,(H,31,37)(H,32,38)(H,33,34)(H,35,36)(H4,25,26,29)(H4,27,28,30)/t11-,12-,13-,14-/m0/s1. The van der Waals surface area contributed by atoms with Crippen molar-refractivity contribution in [3.8, 4) is 0 Å². The zero-order chi connectivity index (χ0) is 32.2. The molecule has 20 heteroatoms. The zero-order valence-corrected chi connectivity index (χ0v) is 22.9. The van der Waals surface area contributed by atoms with Crippen LogP contribution < -0.4 is 45.0 Å². The fourth-order valence-corrected chi connectivity index (χ4v) is 3.08. The summed E-state index contributed by atoms with van der Waals surface area (Å²) in [7, 11) is 0. The van der Waals surface area contributed by atoms with Crippen molar-refractivity contribution in [3.63, 3.8) is 0 Å². The lowest BCUT2D eigenvalue weighted by molar-refractivity contribution is -0.158. The number of amides is 2. The molecule has 238 valence electrons. The molecule has 0 heterocycles. The largest absolute Gasteiger partial charge is 0.481 e. The summed E-state index contributed by atoms with van der Waals surface area (Å²) >= 11 is 0. The van der Waals surface area contributed by atoms with E-state index in [0.29, 0.717) is 12.8 Å². The minimum atomic E-state index is -1.61. The van der Waals surface area contributed by atoms with E-state index in [0.717, 1.165) is 0 Å². The van der Waals surface area contributed by atoms with Crippen LogP contribution in [0.15, 0.2) is 9.98 Å². The third kappa shape index (κ3) is 17.8. The molecule has 0 saturated heterocycles. The van der Waals surface area contributed by atoms with Crippen LogP contribution in [-0.4, -0.2) is 108 Å². The van der Waals surface area contributed by atoms with E-state index in [2.05, 4.69) is 20.6 Å². The molecule has 0 saturated carbocycles. The maximum absolute atomic E-state index is 12.4. The van der Waals surface area contributed by atoms with E-state index in [9.17, 15) is 28.8 Å².